The van der Waals surface area contributed by atoms with Crippen LogP contribution in [-0.4, -0.2) is 67.1 Å². The summed E-state index contributed by atoms with van der Waals surface area (Å²) in [4.78, 5) is 35.3. The number of carbonyl (C=O) groups is 2. The number of nitrogens with zero attached hydrogens (tertiary/aromatic N) is 3. The molecule has 0 aliphatic carbocycles. The van der Waals surface area contributed by atoms with Crippen molar-refractivity contribution in [2.24, 2.45) is 5.92 Å². The number of likely N-dealkylation sites (tertiary alicyclic amines) is 1. The van der Waals surface area contributed by atoms with E-state index in [1.165, 1.54) is 18.5 Å². The van der Waals surface area contributed by atoms with Gasteiger partial charge in [0.2, 0.25) is 5.88 Å². The highest BCUT2D eigenvalue weighted by Crippen LogP contribution is 2.37. The van der Waals surface area contributed by atoms with Gasteiger partial charge in [-0.3, -0.25) is 9.59 Å². The van der Waals surface area contributed by atoms with Gasteiger partial charge in [0.1, 0.15) is 6.33 Å². The first kappa shape index (κ1) is 29.7. The van der Waals surface area contributed by atoms with E-state index < -0.39 is 17.6 Å². The number of hydrogen-bond donors (Lipinski definition) is 2. The van der Waals surface area contributed by atoms with Gasteiger partial charge >= 0.3 is 11.8 Å². The molecule has 0 spiro atoms. The summed E-state index contributed by atoms with van der Waals surface area (Å²) in [5.74, 6) is -0.943. The summed E-state index contributed by atoms with van der Waals surface area (Å²) in [5.41, 5.74) is 1.69. The average Bonchev–Trinajstić information content (AvgIpc) is 3.02. The Kier molecular flexibility index (Phi) is 9.63. The fourth-order valence-corrected chi connectivity index (χ4v) is 4.83. The van der Waals surface area contributed by atoms with E-state index in [0.29, 0.717) is 47.9 Å². The third kappa shape index (κ3) is 7.75. The number of piperidine rings is 1. The van der Waals surface area contributed by atoms with Crippen molar-refractivity contribution in [2.75, 3.05) is 45.7 Å². The summed E-state index contributed by atoms with van der Waals surface area (Å²) in [7, 11) is 3.67. The van der Waals surface area contributed by atoms with Crippen LogP contribution in [0.2, 0.25) is 0 Å². The van der Waals surface area contributed by atoms with Crippen molar-refractivity contribution in [1.29, 1.82) is 0 Å². The van der Waals surface area contributed by atoms with Gasteiger partial charge in [-0.25, -0.2) is 14.4 Å². The van der Waals surface area contributed by atoms with Gasteiger partial charge in [-0.05, 0) is 69.1 Å². The van der Waals surface area contributed by atoms with Crippen LogP contribution in [-0.2, 0) is 16.0 Å². The molecule has 2 amide bonds. The van der Waals surface area contributed by atoms with Crippen molar-refractivity contribution in [3.8, 4) is 23.1 Å². The molecule has 10 nitrogen and oxygen atoms in total. The number of hydrogen-bond acceptors (Lipinski definition) is 8. The molecule has 4 aromatic rings. The Morgan fingerprint density at radius 1 is 0.977 bits per heavy atom. The molecule has 1 saturated heterocycles. The van der Waals surface area contributed by atoms with E-state index in [9.17, 15) is 9.59 Å². The second-order valence-electron chi connectivity index (χ2n) is 10.4. The van der Waals surface area contributed by atoms with E-state index >= 15 is 4.39 Å². The average molecular weight is 588 g/mol. The van der Waals surface area contributed by atoms with Gasteiger partial charge in [-0.15, -0.1) is 0 Å². The molecule has 1 fully saturated rings. The lowest BCUT2D eigenvalue weighted by molar-refractivity contribution is -0.136. The summed E-state index contributed by atoms with van der Waals surface area (Å²) in [6.45, 7) is 2.96. The molecule has 0 saturated carbocycles. The Morgan fingerprint density at radius 3 is 2.51 bits per heavy atom. The fourth-order valence-electron chi connectivity index (χ4n) is 4.83. The molecule has 1 aromatic heterocycles. The van der Waals surface area contributed by atoms with E-state index in [2.05, 4.69) is 32.5 Å². The summed E-state index contributed by atoms with van der Waals surface area (Å²) in [6, 6.07) is 16.9. The maximum absolute atomic E-state index is 15.0. The molecule has 2 N–H and O–H groups in total. The summed E-state index contributed by atoms with van der Waals surface area (Å²) in [6.07, 6.45) is 4.05. The molecule has 0 radical (unpaired) electrons. The molecular weight excluding hydrogens is 553 g/mol. The number of nitrogens with one attached hydrogen (secondary N) is 2. The molecular formula is C32H34FN5O5. The molecule has 5 rings (SSSR count). The first-order valence-corrected chi connectivity index (χ1v) is 14.1. The number of carbonyl (C=O) groups excluding carboxylic acids is 2. The minimum Gasteiger partial charge on any atom is -0.493 e. The number of anilines is 1. The lowest BCUT2D eigenvalue weighted by Crippen LogP contribution is -2.36. The summed E-state index contributed by atoms with van der Waals surface area (Å²) in [5, 5.41) is 5.48. The van der Waals surface area contributed by atoms with Gasteiger partial charge < -0.3 is 29.7 Å². The van der Waals surface area contributed by atoms with Crippen LogP contribution in [0.15, 0.2) is 67.0 Å². The van der Waals surface area contributed by atoms with Crippen molar-refractivity contribution in [3.05, 3.63) is 78.4 Å². The SMILES string of the molecule is COc1cc2c(Oc3ccc(NC(=O)C(=O)NCCc4ccccc4)cc3F)ncnc2cc1OCC1CCN(C)CC1. The Morgan fingerprint density at radius 2 is 1.77 bits per heavy atom. The molecule has 2 heterocycles. The van der Waals surface area contributed by atoms with Gasteiger partial charge in [0, 0.05) is 24.4 Å². The van der Waals surface area contributed by atoms with Crippen LogP contribution in [0, 0.1) is 11.7 Å². The van der Waals surface area contributed by atoms with Gasteiger partial charge in [-0.2, -0.15) is 0 Å². The van der Waals surface area contributed by atoms with Crippen molar-refractivity contribution in [2.45, 2.75) is 19.3 Å². The molecule has 0 atom stereocenters. The fraction of sp³-hybridized carbons (Fsp3) is 0.312. The summed E-state index contributed by atoms with van der Waals surface area (Å²) < 4.78 is 32.5. The number of aromatic nitrogens is 2. The van der Waals surface area contributed by atoms with Crippen LogP contribution in [0.25, 0.3) is 10.9 Å². The molecule has 0 unspecified atom stereocenters. The maximum Gasteiger partial charge on any atom is 0.313 e. The van der Waals surface area contributed by atoms with E-state index in [0.717, 1.165) is 37.6 Å². The second-order valence-corrected chi connectivity index (χ2v) is 10.4. The Balaban J connectivity index is 1.22. The molecule has 224 valence electrons. The number of methoxy groups -OCH3 is 1. The molecule has 43 heavy (non-hydrogen) atoms. The van der Waals surface area contributed by atoms with Gasteiger partial charge in [0.15, 0.2) is 23.1 Å². The Hall–Kier alpha value is -4.77. The first-order valence-electron chi connectivity index (χ1n) is 14.1. The monoisotopic (exact) mass is 587 g/mol. The standard InChI is InChI=1S/C32H34FN5O5/c1-38-14-11-22(12-15-38)19-42-29-18-26-24(17-28(29)41-2)32(36-20-35-26)43-27-9-8-23(16-25(27)33)37-31(40)30(39)34-13-10-21-6-4-3-5-7-21/h3-9,16-18,20,22H,10-15,19H2,1-2H3,(H,34,39)(H,37,40). The lowest BCUT2D eigenvalue weighted by Gasteiger charge is -2.28. The molecule has 0 bridgehead atoms. The molecule has 1 aliphatic rings. The van der Waals surface area contributed by atoms with Gasteiger partial charge in [-0.1, -0.05) is 30.3 Å². The smallest absolute Gasteiger partial charge is 0.313 e. The van der Waals surface area contributed by atoms with Crippen molar-refractivity contribution < 1.29 is 28.2 Å². The Bertz CT molecular complexity index is 1580. The highest BCUT2D eigenvalue weighted by Gasteiger charge is 2.20. The van der Waals surface area contributed by atoms with E-state index in [1.807, 2.05) is 30.3 Å². The highest BCUT2D eigenvalue weighted by atomic mass is 19.1. The van der Waals surface area contributed by atoms with E-state index in [1.54, 1.807) is 19.2 Å². The predicted octanol–water partition coefficient (Wildman–Crippen LogP) is 4.59. The van der Waals surface area contributed by atoms with Crippen LogP contribution in [0.5, 0.6) is 23.1 Å². The predicted molar refractivity (Wildman–Crippen MR) is 160 cm³/mol. The van der Waals surface area contributed by atoms with Gasteiger partial charge in [0.25, 0.3) is 0 Å². The number of amides is 2. The molecule has 1 aliphatic heterocycles. The van der Waals surface area contributed by atoms with Crippen molar-refractivity contribution in [1.82, 2.24) is 20.2 Å². The minimum atomic E-state index is -0.899. The third-order valence-electron chi connectivity index (χ3n) is 7.34. The van der Waals surface area contributed by atoms with Crippen molar-refractivity contribution in [3.63, 3.8) is 0 Å². The number of ether oxygens (including phenoxy) is 3. The Labute approximate surface area is 249 Å². The number of benzene rings is 3. The number of rotatable bonds is 10. The largest absolute Gasteiger partial charge is 0.493 e. The summed E-state index contributed by atoms with van der Waals surface area (Å²) >= 11 is 0. The van der Waals surface area contributed by atoms with Crippen LogP contribution in [0.4, 0.5) is 10.1 Å². The zero-order valence-electron chi connectivity index (χ0n) is 24.1. The van der Waals surface area contributed by atoms with Gasteiger partial charge in [0.05, 0.1) is 24.6 Å². The van der Waals surface area contributed by atoms with E-state index in [-0.39, 0.29) is 17.3 Å². The van der Waals surface area contributed by atoms with Crippen LogP contribution < -0.4 is 24.8 Å². The third-order valence-corrected chi connectivity index (χ3v) is 7.34. The van der Waals surface area contributed by atoms with Crippen LogP contribution in [0.1, 0.15) is 18.4 Å². The second kappa shape index (κ2) is 13.9. The molecule has 3 aromatic carbocycles. The van der Waals surface area contributed by atoms with Crippen LogP contribution >= 0.6 is 0 Å². The normalized spacial score (nSPS) is 13.8. The zero-order chi connectivity index (χ0) is 30.2. The quantitative estimate of drug-likeness (QED) is 0.259. The number of fused-ring (bicyclic) bond motifs is 1. The van der Waals surface area contributed by atoms with Crippen LogP contribution in [0.3, 0.4) is 0 Å². The number of halogens is 1. The zero-order valence-corrected chi connectivity index (χ0v) is 24.1. The minimum absolute atomic E-state index is 0.105. The first-order chi connectivity index (χ1) is 20.9. The van der Waals surface area contributed by atoms with E-state index in [4.69, 9.17) is 14.2 Å². The maximum atomic E-state index is 15.0. The highest BCUT2D eigenvalue weighted by molar-refractivity contribution is 6.39. The van der Waals surface area contributed by atoms with Crippen molar-refractivity contribution >= 4 is 28.4 Å². The topological polar surface area (TPSA) is 115 Å². The lowest BCUT2D eigenvalue weighted by atomic mass is 9.98. The molecule has 11 heteroatoms.